The fourth-order valence-corrected chi connectivity index (χ4v) is 3.81. The molecule has 3 unspecified atom stereocenters. The largest absolute Gasteiger partial charge is 0.377 e. The zero-order valence-corrected chi connectivity index (χ0v) is 11.5. The van der Waals surface area contributed by atoms with Gasteiger partial charge >= 0.3 is 0 Å². The van der Waals surface area contributed by atoms with Crippen LogP contribution in [0.2, 0.25) is 0 Å². The van der Waals surface area contributed by atoms with Crippen molar-refractivity contribution < 1.29 is 4.74 Å². The second kappa shape index (κ2) is 5.25. The summed E-state index contributed by atoms with van der Waals surface area (Å²) in [5.74, 6) is 0. The first-order valence-corrected chi connectivity index (χ1v) is 7.50. The molecule has 2 aliphatic heterocycles. The lowest BCUT2D eigenvalue weighted by atomic mass is 9.93. The third-order valence-electron chi connectivity index (χ3n) is 4.08. The number of hydrogen-bond donors (Lipinski definition) is 1. The lowest BCUT2D eigenvalue weighted by Gasteiger charge is -2.43. The first-order chi connectivity index (χ1) is 7.68. The first kappa shape index (κ1) is 12.7. The van der Waals surface area contributed by atoms with Gasteiger partial charge in [0.15, 0.2) is 0 Å². The van der Waals surface area contributed by atoms with Gasteiger partial charge < -0.3 is 10.1 Å². The molecule has 94 valence electrons. The van der Waals surface area contributed by atoms with E-state index in [2.05, 4.69) is 23.4 Å². The molecule has 2 fully saturated rings. The van der Waals surface area contributed by atoms with Crippen molar-refractivity contribution in [3.63, 3.8) is 0 Å². The molecule has 0 aromatic heterocycles. The highest BCUT2D eigenvalue weighted by Crippen LogP contribution is 2.29. The van der Waals surface area contributed by atoms with Crippen LogP contribution in [0.5, 0.6) is 0 Å². The van der Waals surface area contributed by atoms with Crippen molar-refractivity contribution >= 4 is 11.8 Å². The Kier molecular flexibility index (Phi) is 4.16. The van der Waals surface area contributed by atoms with Crippen molar-refractivity contribution in [1.82, 2.24) is 10.2 Å². The van der Waals surface area contributed by atoms with E-state index in [4.69, 9.17) is 4.74 Å². The fraction of sp³-hybridized carbons (Fsp3) is 1.00. The molecule has 3 nitrogen and oxygen atoms in total. The van der Waals surface area contributed by atoms with E-state index in [-0.39, 0.29) is 5.60 Å². The Balaban J connectivity index is 1.98. The normalized spacial score (nSPS) is 41.4. The van der Waals surface area contributed by atoms with Gasteiger partial charge in [-0.3, -0.25) is 4.90 Å². The molecule has 3 atom stereocenters. The average Bonchev–Trinajstić information content (AvgIpc) is 2.77. The van der Waals surface area contributed by atoms with Crippen LogP contribution in [-0.4, -0.2) is 61.3 Å². The summed E-state index contributed by atoms with van der Waals surface area (Å²) in [7, 11) is 1.85. The Bertz CT molecular complexity index is 239. The summed E-state index contributed by atoms with van der Waals surface area (Å²) in [5, 5.41) is 4.26. The third-order valence-corrected chi connectivity index (χ3v) is 5.17. The lowest BCUT2D eigenvalue weighted by molar-refractivity contribution is -0.0588. The molecule has 2 aliphatic rings. The van der Waals surface area contributed by atoms with Gasteiger partial charge in [-0.25, -0.2) is 0 Å². The molecule has 0 aromatic carbocycles. The van der Waals surface area contributed by atoms with Crippen molar-refractivity contribution in [3.05, 3.63) is 0 Å². The van der Waals surface area contributed by atoms with E-state index in [1.165, 1.54) is 19.4 Å². The summed E-state index contributed by atoms with van der Waals surface area (Å²) in [5.41, 5.74) is 0.0732. The molecule has 0 aromatic rings. The summed E-state index contributed by atoms with van der Waals surface area (Å²) < 4.78 is 5.67. The van der Waals surface area contributed by atoms with E-state index in [0.717, 1.165) is 24.9 Å². The molecule has 1 N–H and O–H groups in total. The van der Waals surface area contributed by atoms with Crippen molar-refractivity contribution in [2.75, 3.05) is 39.5 Å². The standard InChI is InChI=1S/C12H24N2OS/c1-12(15-2)5-4-6-14(9-12)10-7-13-8-11(10)16-3/h10-11,13H,4-9H2,1-3H3. The molecule has 0 aliphatic carbocycles. The summed E-state index contributed by atoms with van der Waals surface area (Å²) in [6, 6.07) is 0.699. The van der Waals surface area contributed by atoms with Gasteiger partial charge in [0.2, 0.25) is 0 Å². The van der Waals surface area contributed by atoms with Gasteiger partial charge in [0, 0.05) is 38.0 Å². The van der Waals surface area contributed by atoms with Gasteiger partial charge in [-0.05, 0) is 32.6 Å². The molecule has 2 rings (SSSR count). The Morgan fingerprint density at radius 1 is 1.44 bits per heavy atom. The maximum atomic E-state index is 5.67. The van der Waals surface area contributed by atoms with E-state index in [9.17, 15) is 0 Å². The first-order valence-electron chi connectivity index (χ1n) is 6.21. The van der Waals surface area contributed by atoms with E-state index in [1.807, 2.05) is 18.9 Å². The van der Waals surface area contributed by atoms with Crippen LogP contribution in [0.3, 0.4) is 0 Å². The summed E-state index contributed by atoms with van der Waals surface area (Å²) in [6.45, 7) is 6.88. The van der Waals surface area contributed by atoms with Gasteiger partial charge in [0.25, 0.3) is 0 Å². The van der Waals surface area contributed by atoms with Crippen LogP contribution < -0.4 is 5.32 Å². The monoisotopic (exact) mass is 244 g/mol. The van der Waals surface area contributed by atoms with Crippen LogP contribution in [-0.2, 0) is 4.74 Å². The second-order valence-corrected chi connectivity index (χ2v) is 6.30. The van der Waals surface area contributed by atoms with Crippen LogP contribution in [0, 0.1) is 0 Å². The average molecular weight is 244 g/mol. The minimum Gasteiger partial charge on any atom is -0.377 e. The summed E-state index contributed by atoms with van der Waals surface area (Å²) >= 11 is 2.00. The van der Waals surface area contributed by atoms with Crippen LogP contribution in [0.4, 0.5) is 0 Å². The minimum absolute atomic E-state index is 0.0732. The van der Waals surface area contributed by atoms with Crippen LogP contribution in [0.1, 0.15) is 19.8 Å². The number of hydrogen-bond acceptors (Lipinski definition) is 4. The minimum atomic E-state index is 0.0732. The molecular formula is C12H24N2OS. The van der Waals surface area contributed by atoms with Gasteiger partial charge in [-0.15, -0.1) is 0 Å². The molecule has 2 saturated heterocycles. The Labute approximate surface area is 103 Å². The Hall–Kier alpha value is 0.230. The Morgan fingerprint density at radius 3 is 2.94 bits per heavy atom. The van der Waals surface area contributed by atoms with E-state index < -0.39 is 0 Å². The Morgan fingerprint density at radius 2 is 2.25 bits per heavy atom. The van der Waals surface area contributed by atoms with Gasteiger partial charge in [-0.2, -0.15) is 11.8 Å². The number of methoxy groups -OCH3 is 1. The predicted molar refractivity (Wildman–Crippen MR) is 70.2 cm³/mol. The third kappa shape index (κ3) is 2.55. The second-order valence-electron chi connectivity index (χ2n) is 5.23. The quantitative estimate of drug-likeness (QED) is 0.806. The van der Waals surface area contributed by atoms with Crippen LogP contribution >= 0.6 is 11.8 Å². The molecule has 0 bridgehead atoms. The molecule has 0 saturated carbocycles. The van der Waals surface area contributed by atoms with Crippen LogP contribution in [0.15, 0.2) is 0 Å². The molecule has 0 spiro atoms. The highest BCUT2D eigenvalue weighted by molar-refractivity contribution is 7.99. The van der Waals surface area contributed by atoms with Gasteiger partial charge in [-0.1, -0.05) is 0 Å². The van der Waals surface area contributed by atoms with E-state index in [0.29, 0.717) is 6.04 Å². The molecule has 4 heteroatoms. The molecule has 2 heterocycles. The number of nitrogens with one attached hydrogen (secondary N) is 1. The summed E-state index contributed by atoms with van der Waals surface area (Å²) in [4.78, 5) is 2.63. The number of likely N-dealkylation sites (tertiary alicyclic amines) is 1. The SMILES string of the molecule is COC1(C)CCCN(C2CNCC2SC)C1. The lowest BCUT2D eigenvalue weighted by Crippen LogP contribution is -2.53. The zero-order valence-electron chi connectivity index (χ0n) is 10.7. The van der Waals surface area contributed by atoms with Crippen molar-refractivity contribution in [3.8, 4) is 0 Å². The highest BCUT2D eigenvalue weighted by Gasteiger charge is 2.38. The van der Waals surface area contributed by atoms with Crippen molar-refractivity contribution in [2.24, 2.45) is 0 Å². The van der Waals surface area contributed by atoms with E-state index in [1.54, 1.807) is 0 Å². The van der Waals surface area contributed by atoms with Gasteiger partial charge in [0.1, 0.15) is 0 Å². The highest BCUT2D eigenvalue weighted by atomic mass is 32.2. The smallest absolute Gasteiger partial charge is 0.0777 e. The number of nitrogens with zero attached hydrogens (tertiary/aromatic N) is 1. The zero-order chi connectivity index (χ0) is 11.6. The maximum Gasteiger partial charge on any atom is 0.0777 e. The number of ether oxygens (including phenoxy) is 1. The van der Waals surface area contributed by atoms with Gasteiger partial charge in [0.05, 0.1) is 5.60 Å². The number of thioether (sulfide) groups is 1. The molecule has 0 amide bonds. The predicted octanol–water partition coefficient (Wildman–Crippen LogP) is 1.19. The molecule has 16 heavy (non-hydrogen) atoms. The van der Waals surface area contributed by atoms with E-state index >= 15 is 0 Å². The summed E-state index contributed by atoms with van der Waals surface area (Å²) in [6.07, 6.45) is 4.69. The number of piperidine rings is 1. The van der Waals surface area contributed by atoms with Crippen LogP contribution in [0.25, 0.3) is 0 Å². The van der Waals surface area contributed by atoms with Crippen molar-refractivity contribution in [1.29, 1.82) is 0 Å². The molecule has 0 radical (unpaired) electrons. The topological polar surface area (TPSA) is 24.5 Å². The molecular weight excluding hydrogens is 220 g/mol. The maximum absolute atomic E-state index is 5.67. The number of rotatable bonds is 3. The fourth-order valence-electron chi connectivity index (χ4n) is 2.94. The van der Waals surface area contributed by atoms with Crippen molar-refractivity contribution in [2.45, 2.75) is 36.7 Å².